The highest BCUT2D eigenvalue weighted by atomic mass is 32.1. The fraction of sp³-hybridized carbons (Fsp3) is 0.208. The number of fused-ring (bicyclic) bond motifs is 1. The van der Waals surface area contributed by atoms with E-state index < -0.39 is 0 Å². The molecule has 0 saturated heterocycles. The maximum Gasteiger partial charge on any atom is 0.336 e. The van der Waals surface area contributed by atoms with Crippen molar-refractivity contribution in [3.05, 3.63) is 98.0 Å². The molecule has 148 valence electrons. The van der Waals surface area contributed by atoms with Crippen molar-refractivity contribution in [3.8, 4) is 5.75 Å². The van der Waals surface area contributed by atoms with Crippen LogP contribution in [0.25, 0.3) is 11.0 Å². The quantitative estimate of drug-likeness (QED) is 0.424. The van der Waals surface area contributed by atoms with E-state index in [2.05, 4.69) is 54.0 Å². The van der Waals surface area contributed by atoms with Gasteiger partial charge in [-0.1, -0.05) is 37.3 Å². The zero-order valence-electron chi connectivity index (χ0n) is 16.5. The van der Waals surface area contributed by atoms with Crippen LogP contribution in [0.1, 0.15) is 34.5 Å². The highest BCUT2D eigenvalue weighted by molar-refractivity contribution is 7.10. The molecule has 2 aromatic carbocycles. The molecule has 0 spiro atoms. The standard InChI is InChI=1S/C24H23NO3S/c1-3-16-6-8-17(9-7-16)24(22-5-4-12-29-22)25-15-18-13-23(26)28-21-14-19(27-2)10-11-20(18)21/h4-14,24-25H,3,15H2,1-2H3/t24-/m0/s1. The van der Waals surface area contributed by atoms with E-state index in [0.717, 1.165) is 17.4 Å². The normalized spacial score (nSPS) is 12.2. The lowest BCUT2D eigenvalue weighted by atomic mass is 10.0. The molecule has 4 aromatic rings. The minimum absolute atomic E-state index is 0.0569. The summed E-state index contributed by atoms with van der Waals surface area (Å²) in [6.07, 6.45) is 1.02. The van der Waals surface area contributed by atoms with Crippen molar-refractivity contribution in [2.45, 2.75) is 25.9 Å². The summed E-state index contributed by atoms with van der Waals surface area (Å²) in [6, 6.07) is 20.1. The predicted molar refractivity (Wildman–Crippen MR) is 118 cm³/mol. The summed E-state index contributed by atoms with van der Waals surface area (Å²) >= 11 is 1.72. The molecule has 0 unspecified atom stereocenters. The summed E-state index contributed by atoms with van der Waals surface area (Å²) < 4.78 is 10.6. The molecule has 0 amide bonds. The Kier molecular flexibility index (Phi) is 5.79. The Labute approximate surface area is 173 Å². The molecule has 0 radical (unpaired) electrons. The third-order valence-electron chi connectivity index (χ3n) is 5.08. The van der Waals surface area contributed by atoms with E-state index in [9.17, 15) is 4.79 Å². The number of thiophene rings is 1. The minimum atomic E-state index is -0.359. The highest BCUT2D eigenvalue weighted by Gasteiger charge is 2.16. The fourth-order valence-corrected chi connectivity index (χ4v) is 4.31. The van der Waals surface area contributed by atoms with Crippen molar-refractivity contribution >= 4 is 22.3 Å². The van der Waals surface area contributed by atoms with E-state index in [1.165, 1.54) is 16.0 Å². The maximum absolute atomic E-state index is 12.1. The van der Waals surface area contributed by atoms with Crippen LogP contribution in [0.15, 0.2) is 75.3 Å². The van der Waals surface area contributed by atoms with Gasteiger partial charge in [-0.2, -0.15) is 0 Å². The summed E-state index contributed by atoms with van der Waals surface area (Å²) in [4.78, 5) is 13.3. The summed E-state index contributed by atoms with van der Waals surface area (Å²) in [5.74, 6) is 0.665. The molecule has 0 saturated carbocycles. The lowest BCUT2D eigenvalue weighted by Crippen LogP contribution is -2.22. The predicted octanol–water partition coefficient (Wildman–Crippen LogP) is 5.30. The third-order valence-corrected chi connectivity index (χ3v) is 6.02. The van der Waals surface area contributed by atoms with Gasteiger partial charge < -0.3 is 14.5 Å². The smallest absolute Gasteiger partial charge is 0.336 e. The number of benzene rings is 2. The first-order chi connectivity index (χ1) is 14.2. The van der Waals surface area contributed by atoms with Gasteiger partial charge in [-0.05, 0) is 46.7 Å². The van der Waals surface area contributed by atoms with Gasteiger partial charge in [0.15, 0.2) is 0 Å². The summed E-state index contributed by atoms with van der Waals surface area (Å²) in [6.45, 7) is 2.71. The number of aryl methyl sites for hydroxylation is 1. The Morgan fingerprint density at radius 3 is 2.62 bits per heavy atom. The van der Waals surface area contributed by atoms with Gasteiger partial charge in [0.2, 0.25) is 0 Å². The van der Waals surface area contributed by atoms with Crippen LogP contribution < -0.4 is 15.7 Å². The van der Waals surface area contributed by atoms with Crippen LogP contribution in [0.4, 0.5) is 0 Å². The van der Waals surface area contributed by atoms with E-state index in [4.69, 9.17) is 9.15 Å². The van der Waals surface area contributed by atoms with E-state index in [1.54, 1.807) is 30.6 Å². The van der Waals surface area contributed by atoms with Gasteiger partial charge >= 0.3 is 5.63 Å². The number of methoxy groups -OCH3 is 1. The van der Waals surface area contributed by atoms with Gasteiger partial charge in [0.1, 0.15) is 11.3 Å². The van der Waals surface area contributed by atoms with E-state index in [-0.39, 0.29) is 11.7 Å². The molecule has 0 aliphatic heterocycles. The Morgan fingerprint density at radius 1 is 1.10 bits per heavy atom. The molecule has 0 aliphatic rings. The molecule has 2 aromatic heterocycles. The number of rotatable bonds is 7. The highest BCUT2D eigenvalue weighted by Crippen LogP contribution is 2.28. The number of hydrogen-bond acceptors (Lipinski definition) is 5. The van der Waals surface area contributed by atoms with Crippen molar-refractivity contribution in [3.63, 3.8) is 0 Å². The molecule has 4 nitrogen and oxygen atoms in total. The Morgan fingerprint density at radius 2 is 1.93 bits per heavy atom. The number of nitrogens with one attached hydrogen (secondary N) is 1. The van der Waals surface area contributed by atoms with Crippen molar-refractivity contribution in [2.75, 3.05) is 7.11 Å². The zero-order valence-corrected chi connectivity index (χ0v) is 17.3. The summed E-state index contributed by atoms with van der Waals surface area (Å²) in [7, 11) is 1.60. The van der Waals surface area contributed by atoms with Crippen LogP contribution >= 0.6 is 11.3 Å². The molecule has 4 rings (SSSR count). The summed E-state index contributed by atoms with van der Waals surface area (Å²) in [5, 5.41) is 6.63. The number of hydrogen-bond donors (Lipinski definition) is 1. The molecule has 2 heterocycles. The van der Waals surface area contributed by atoms with Crippen LogP contribution in [0, 0.1) is 0 Å². The van der Waals surface area contributed by atoms with Gasteiger partial charge in [-0.3, -0.25) is 0 Å². The second kappa shape index (κ2) is 8.64. The van der Waals surface area contributed by atoms with Gasteiger partial charge in [0.25, 0.3) is 0 Å². The van der Waals surface area contributed by atoms with E-state index in [0.29, 0.717) is 17.9 Å². The van der Waals surface area contributed by atoms with Gasteiger partial charge in [-0.25, -0.2) is 4.79 Å². The SMILES string of the molecule is CCc1ccc([C@H](NCc2cc(=O)oc3cc(OC)ccc23)c2cccs2)cc1. The Hall–Kier alpha value is -2.89. The second-order valence-corrected chi connectivity index (χ2v) is 7.86. The van der Waals surface area contributed by atoms with Crippen molar-refractivity contribution in [1.82, 2.24) is 5.32 Å². The number of ether oxygens (including phenoxy) is 1. The van der Waals surface area contributed by atoms with E-state index in [1.807, 2.05) is 12.1 Å². The van der Waals surface area contributed by atoms with Crippen molar-refractivity contribution in [1.29, 1.82) is 0 Å². The van der Waals surface area contributed by atoms with Crippen molar-refractivity contribution in [2.24, 2.45) is 0 Å². The van der Waals surface area contributed by atoms with E-state index >= 15 is 0 Å². The molecule has 1 N–H and O–H groups in total. The van der Waals surface area contributed by atoms with Crippen LogP contribution in [0.3, 0.4) is 0 Å². The van der Waals surface area contributed by atoms with Gasteiger partial charge in [0.05, 0.1) is 13.2 Å². The summed E-state index contributed by atoms with van der Waals surface area (Å²) in [5.41, 5.74) is 3.61. The molecule has 0 fully saturated rings. The molecular weight excluding hydrogens is 382 g/mol. The lowest BCUT2D eigenvalue weighted by Gasteiger charge is -2.19. The zero-order chi connectivity index (χ0) is 20.2. The average molecular weight is 406 g/mol. The topological polar surface area (TPSA) is 51.5 Å². The van der Waals surface area contributed by atoms with Crippen LogP contribution in [-0.2, 0) is 13.0 Å². The molecule has 1 atom stereocenters. The second-order valence-electron chi connectivity index (χ2n) is 6.88. The van der Waals surface area contributed by atoms with Crippen molar-refractivity contribution < 1.29 is 9.15 Å². The molecule has 29 heavy (non-hydrogen) atoms. The minimum Gasteiger partial charge on any atom is -0.497 e. The van der Waals surface area contributed by atoms with Gasteiger partial charge in [-0.15, -0.1) is 11.3 Å². The molecular formula is C24H23NO3S. The fourth-order valence-electron chi connectivity index (χ4n) is 3.48. The lowest BCUT2D eigenvalue weighted by molar-refractivity contribution is 0.414. The Bertz CT molecular complexity index is 1150. The van der Waals surface area contributed by atoms with Crippen LogP contribution in [0.5, 0.6) is 5.75 Å². The molecule has 5 heteroatoms. The monoisotopic (exact) mass is 405 g/mol. The molecule has 0 bridgehead atoms. The van der Waals surface area contributed by atoms with Gasteiger partial charge in [0, 0.05) is 28.9 Å². The largest absolute Gasteiger partial charge is 0.497 e. The third kappa shape index (κ3) is 4.26. The van der Waals surface area contributed by atoms with Crippen LogP contribution in [-0.4, -0.2) is 7.11 Å². The molecule has 0 aliphatic carbocycles. The first kappa shape index (κ1) is 19.4. The Balaban J connectivity index is 1.66. The first-order valence-corrected chi connectivity index (χ1v) is 10.5. The average Bonchev–Trinajstić information content (AvgIpc) is 3.28. The maximum atomic E-state index is 12.1. The first-order valence-electron chi connectivity index (χ1n) is 9.64. The van der Waals surface area contributed by atoms with Crippen LogP contribution in [0.2, 0.25) is 0 Å².